The zero-order valence-electron chi connectivity index (χ0n) is 11.8. The van der Waals surface area contributed by atoms with Crippen molar-refractivity contribution in [3.63, 3.8) is 0 Å². The number of halogens is 1. The van der Waals surface area contributed by atoms with Gasteiger partial charge in [-0.3, -0.25) is 4.79 Å². The van der Waals surface area contributed by atoms with Crippen molar-refractivity contribution in [2.75, 3.05) is 25.0 Å². The molecule has 0 saturated carbocycles. The standard InChI is InChI=1S/C13H17ClN2O.CH5N/c1-3-10-6-7-16(8-10)13-11(9(2)17)4-5-12(14)15-13;1-2/h4-5,10H,3,6-8H2,1-2H3;2H2,1H3/t10-;/m1./s1. The molecule has 2 heterocycles. The molecule has 0 amide bonds. The van der Waals surface area contributed by atoms with E-state index < -0.39 is 0 Å². The number of ketones is 1. The molecule has 1 fully saturated rings. The lowest BCUT2D eigenvalue weighted by Gasteiger charge is -2.19. The molecule has 0 aliphatic carbocycles. The molecule has 5 heteroatoms. The van der Waals surface area contributed by atoms with Crippen LogP contribution in [0.5, 0.6) is 0 Å². The van der Waals surface area contributed by atoms with Crippen molar-refractivity contribution < 1.29 is 4.79 Å². The SMILES string of the molecule is CC[C@@H]1CCN(c2nc(Cl)ccc2C(C)=O)C1.CN. The van der Waals surface area contributed by atoms with Crippen molar-refractivity contribution in [1.82, 2.24) is 4.98 Å². The number of rotatable bonds is 3. The van der Waals surface area contributed by atoms with E-state index in [0.717, 1.165) is 18.9 Å². The van der Waals surface area contributed by atoms with Crippen LogP contribution in [-0.2, 0) is 0 Å². The van der Waals surface area contributed by atoms with E-state index in [-0.39, 0.29) is 5.78 Å². The van der Waals surface area contributed by atoms with Gasteiger partial charge in [0.25, 0.3) is 0 Å². The minimum Gasteiger partial charge on any atom is -0.356 e. The van der Waals surface area contributed by atoms with E-state index in [2.05, 4.69) is 22.5 Å². The van der Waals surface area contributed by atoms with Gasteiger partial charge in [-0.2, -0.15) is 0 Å². The molecule has 19 heavy (non-hydrogen) atoms. The van der Waals surface area contributed by atoms with Gasteiger partial charge < -0.3 is 10.6 Å². The molecular formula is C14H22ClN3O. The van der Waals surface area contributed by atoms with E-state index in [1.54, 1.807) is 19.1 Å². The molecule has 1 aromatic heterocycles. The molecule has 0 spiro atoms. The second-order valence-electron chi connectivity index (χ2n) is 4.57. The molecular weight excluding hydrogens is 262 g/mol. The topological polar surface area (TPSA) is 59.2 Å². The van der Waals surface area contributed by atoms with Crippen molar-refractivity contribution in [2.24, 2.45) is 11.7 Å². The quantitative estimate of drug-likeness (QED) is 0.684. The van der Waals surface area contributed by atoms with Gasteiger partial charge in [0.15, 0.2) is 5.78 Å². The highest BCUT2D eigenvalue weighted by Gasteiger charge is 2.25. The molecule has 2 N–H and O–H groups in total. The van der Waals surface area contributed by atoms with Crippen LogP contribution in [0.2, 0.25) is 5.15 Å². The molecule has 1 saturated heterocycles. The van der Waals surface area contributed by atoms with Gasteiger partial charge in [0.05, 0.1) is 5.56 Å². The van der Waals surface area contributed by atoms with E-state index in [1.807, 2.05) is 0 Å². The Bertz CT molecular complexity index is 437. The lowest BCUT2D eigenvalue weighted by Crippen LogP contribution is -2.23. The highest BCUT2D eigenvalue weighted by molar-refractivity contribution is 6.29. The summed E-state index contributed by atoms with van der Waals surface area (Å²) < 4.78 is 0. The summed E-state index contributed by atoms with van der Waals surface area (Å²) in [5.41, 5.74) is 5.17. The third kappa shape index (κ3) is 3.91. The Hall–Kier alpha value is -1.13. The molecule has 0 bridgehead atoms. The zero-order chi connectivity index (χ0) is 14.4. The van der Waals surface area contributed by atoms with Crippen LogP contribution in [0.25, 0.3) is 0 Å². The summed E-state index contributed by atoms with van der Waals surface area (Å²) in [5, 5.41) is 0.449. The third-order valence-corrected chi connectivity index (χ3v) is 3.59. The van der Waals surface area contributed by atoms with Gasteiger partial charge in [-0.25, -0.2) is 4.98 Å². The second kappa shape index (κ2) is 7.46. The summed E-state index contributed by atoms with van der Waals surface area (Å²) in [5.74, 6) is 1.50. The summed E-state index contributed by atoms with van der Waals surface area (Å²) in [4.78, 5) is 18.1. The molecule has 1 aliphatic heterocycles. The Morgan fingerprint density at radius 1 is 1.53 bits per heavy atom. The minimum absolute atomic E-state index is 0.0455. The first-order valence-electron chi connectivity index (χ1n) is 6.62. The lowest BCUT2D eigenvalue weighted by molar-refractivity contribution is 0.101. The monoisotopic (exact) mass is 283 g/mol. The van der Waals surface area contributed by atoms with Gasteiger partial charge >= 0.3 is 0 Å². The van der Waals surface area contributed by atoms with Crippen LogP contribution in [-0.4, -0.2) is 30.9 Å². The predicted molar refractivity (Wildman–Crippen MR) is 80.0 cm³/mol. The van der Waals surface area contributed by atoms with Crippen molar-refractivity contribution in [3.8, 4) is 0 Å². The van der Waals surface area contributed by atoms with Gasteiger partial charge in [-0.15, -0.1) is 0 Å². The van der Waals surface area contributed by atoms with Crippen molar-refractivity contribution >= 4 is 23.2 Å². The van der Waals surface area contributed by atoms with E-state index >= 15 is 0 Å². The molecule has 1 aliphatic rings. The Labute approximate surface area is 120 Å². The number of carbonyl (C=O) groups excluding carboxylic acids is 1. The van der Waals surface area contributed by atoms with Crippen LogP contribution in [0.4, 0.5) is 5.82 Å². The Balaban J connectivity index is 0.000000861. The van der Waals surface area contributed by atoms with Crippen molar-refractivity contribution in [1.29, 1.82) is 0 Å². The van der Waals surface area contributed by atoms with Gasteiger partial charge in [0, 0.05) is 13.1 Å². The average molecular weight is 284 g/mol. The predicted octanol–water partition coefficient (Wildman–Crippen LogP) is 2.75. The first-order valence-corrected chi connectivity index (χ1v) is 6.99. The summed E-state index contributed by atoms with van der Waals surface area (Å²) in [6.07, 6.45) is 2.34. The smallest absolute Gasteiger partial charge is 0.163 e. The van der Waals surface area contributed by atoms with Crippen LogP contribution in [0.3, 0.4) is 0 Å². The van der Waals surface area contributed by atoms with Crippen molar-refractivity contribution in [2.45, 2.75) is 26.7 Å². The van der Waals surface area contributed by atoms with Gasteiger partial charge in [0.2, 0.25) is 0 Å². The van der Waals surface area contributed by atoms with E-state index in [9.17, 15) is 4.79 Å². The maximum absolute atomic E-state index is 11.6. The fourth-order valence-corrected chi connectivity index (χ4v) is 2.44. The molecule has 0 radical (unpaired) electrons. The lowest BCUT2D eigenvalue weighted by atomic mass is 10.1. The van der Waals surface area contributed by atoms with E-state index in [4.69, 9.17) is 11.6 Å². The van der Waals surface area contributed by atoms with E-state index in [0.29, 0.717) is 16.6 Å². The maximum atomic E-state index is 11.6. The van der Waals surface area contributed by atoms with Gasteiger partial charge in [-0.05, 0) is 38.4 Å². The number of pyridine rings is 1. The normalized spacial score (nSPS) is 17.9. The number of hydrogen-bond donors (Lipinski definition) is 1. The molecule has 1 aromatic rings. The highest BCUT2D eigenvalue weighted by Crippen LogP contribution is 2.28. The molecule has 2 rings (SSSR count). The fraction of sp³-hybridized carbons (Fsp3) is 0.571. The Morgan fingerprint density at radius 3 is 2.74 bits per heavy atom. The van der Waals surface area contributed by atoms with Crippen LogP contribution in [0.15, 0.2) is 12.1 Å². The van der Waals surface area contributed by atoms with Crippen LogP contribution < -0.4 is 10.6 Å². The number of nitrogens with two attached hydrogens (primary N) is 1. The number of nitrogens with zero attached hydrogens (tertiary/aromatic N) is 2. The Kier molecular flexibility index (Phi) is 6.25. The second-order valence-corrected chi connectivity index (χ2v) is 4.96. The Morgan fingerprint density at radius 2 is 2.21 bits per heavy atom. The summed E-state index contributed by atoms with van der Waals surface area (Å²) in [6, 6.07) is 3.45. The number of anilines is 1. The number of aromatic nitrogens is 1. The van der Waals surface area contributed by atoms with Crippen LogP contribution in [0, 0.1) is 5.92 Å². The fourth-order valence-electron chi connectivity index (χ4n) is 2.30. The molecule has 1 atom stereocenters. The first kappa shape index (κ1) is 15.9. The zero-order valence-corrected chi connectivity index (χ0v) is 12.6. The maximum Gasteiger partial charge on any atom is 0.163 e. The van der Waals surface area contributed by atoms with Crippen molar-refractivity contribution in [3.05, 3.63) is 22.8 Å². The number of carbonyl (C=O) groups is 1. The minimum atomic E-state index is 0.0455. The van der Waals surface area contributed by atoms with Gasteiger partial charge in [0.1, 0.15) is 11.0 Å². The number of hydrogen-bond acceptors (Lipinski definition) is 4. The summed E-state index contributed by atoms with van der Waals surface area (Å²) in [7, 11) is 1.50. The third-order valence-electron chi connectivity index (χ3n) is 3.38. The van der Waals surface area contributed by atoms with Gasteiger partial charge in [-0.1, -0.05) is 24.9 Å². The van der Waals surface area contributed by atoms with Crippen LogP contribution >= 0.6 is 11.6 Å². The molecule has 0 unspecified atom stereocenters. The molecule has 0 aromatic carbocycles. The molecule has 4 nitrogen and oxygen atoms in total. The summed E-state index contributed by atoms with van der Waals surface area (Å²) >= 11 is 5.92. The van der Waals surface area contributed by atoms with E-state index in [1.165, 1.54) is 19.9 Å². The number of Topliss-reactive ketones (excluding diaryl/α,β-unsaturated/α-hetero) is 1. The van der Waals surface area contributed by atoms with Crippen LogP contribution in [0.1, 0.15) is 37.0 Å². The largest absolute Gasteiger partial charge is 0.356 e. The first-order chi connectivity index (χ1) is 9.11. The highest BCUT2D eigenvalue weighted by atomic mass is 35.5. The average Bonchev–Trinajstić information content (AvgIpc) is 2.89. The molecule has 106 valence electrons. The summed E-state index contributed by atoms with van der Waals surface area (Å²) in [6.45, 7) is 5.71.